The molecule has 2 aromatic carbocycles. The highest BCUT2D eigenvalue weighted by Gasteiger charge is 2.13. The molecule has 0 fully saturated rings. The summed E-state index contributed by atoms with van der Waals surface area (Å²) in [6.07, 6.45) is 0. The predicted molar refractivity (Wildman–Crippen MR) is 83.3 cm³/mol. The van der Waals surface area contributed by atoms with Crippen molar-refractivity contribution in [3.8, 4) is 11.5 Å². The van der Waals surface area contributed by atoms with Gasteiger partial charge < -0.3 is 14.8 Å². The van der Waals surface area contributed by atoms with Crippen molar-refractivity contribution in [1.29, 1.82) is 0 Å². The molecule has 0 spiro atoms. The smallest absolute Gasteiger partial charge is 0.179 e. The largest absolute Gasteiger partial charge is 0.493 e. The number of halogens is 3. The van der Waals surface area contributed by atoms with E-state index in [2.05, 4.69) is 5.32 Å². The lowest BCUT2D eigenvalue weighted by Gasteiger charge is -2.14. The molecule has 0 atom stereocenters. The number of benzene rings is 2. The maximum atomic E-state index is 13.8. The van der Waals surface area contributed by atoms with Crippen LogP contribution in [0.5, 0.6) is 11.5 Å². The molecule has 0 aliphatic heterocycles. The zero-order valence-corrected chi connectivity index (χ0v) is 13.1. The van der Waals surface area contributed by atoms with Gasteiger partial charge in [-0.05, 0) is 23.8 Å². The van der Waals surface area contributed by atoms with E-state index in [1.165, 1.54) is 20.3 Å². The van der Waals surface area contributed by atoms with Crippen LogP contribution in [0.4, 0.5) is 10.1 Å². The van der Waals surface area contributed by atoms with Gasteiger partial charge in [-0.1, -0.05) is 35.3 Å². The summed E-state index contributed by atoms with van der Waals surface area (Å²) < 4.78 is 24.2. The molecule has 6 heteroatoms. The molecule has 0 saturated carbocycles. The highest BCUT2D eigenvalue weighted by molar-refractivity contribution is 6.33. The van der Waals surface area contributed by atoms with Crippen LogP contribution in [0.1, 0.15) is 5.56 Å². The van der Waals surface area contributed by atoms with Crippen molar-refractivity contribution in [1.82, 2.24) is 0 Å². The van der Waals surface area contributed by atoms with Crippen LogP contribution in [-0.4, -0.2) is 14.2 Å². The Hall–Kier alpha value is -1.65. The number of ether oxygens (including phenoxy) is 2. The Bertz CT molecular complexity index is 650. The minimum atomic E-state index is -0.490. The van der Waals surface area contributed by atoms with E-state index in [0.717, 1.165) is 5.56 Å². The first-order valence-corrected chi connectivity index (χ1v) is 6.91. The molecule has 0 radical (unpaired) electrons. The molecule has 0 bridgehead atoms. The van der Waals surface area contributed by atoms with Crippen LogP contribution in [0.3, 0.4) is 0 Å². The first kappa shape index (κ1) is 15.7. The van der Waals surface area contributed by atoms with Crippen LogP contribution >= 0.6 is 23.2 Å². The van der Waals surface area contributed by atoms with Gasteiger partial charge in [-0.25, -0.2) is 4.39 Å². The van der Waals surface area contributed by atoms with Crippen molar-refractivity contribution in [2.45, 2.75) is 6.54 Å². The normalized spacial score (nSPS) is 10.3. The Morgan fingerprint density at radius 3 is 2.52 bits per heavy atom. The summed E-state index contributed by atoms with van der Waals surface area (Å²) in [5, 5.41) is 3.45. The molecule has 2 aromatic rings. The van der Waals surface area contributed by atoms with Crippen molar-refractivity contribution in [3.05, 3.63) is 51.8 Å². The summed E-state index contributed by atoms with van der Waals surface area (Å²) in [5.41, 5.74) is 1.07. The number of hydrogen-bond acceptors (Lipinski definition) is 3. The lowest BCUT2D eigenvalue weighted by atomic mass is 10.2. The third-order valence-electron chi connectivity index (χ3n) is 2.99. The van der Waals surface area contributed by atoms with E-state index in [-0.39, 0.29) is 5.02 Å². The highest BCUT2D eigenvalue weighted by atomic mass is 35.5. The van der Waals surface area contributed by atoms with E-state index in [1.54, 1.807) is 24.3 Å². The fourth-order valence-corrected chi connectivity index (χ4v) is 2.37. The monoisotopic (exact) mass is 329 g/mol. The lowest BCUT2D eigenvalue weighted by Crippen LogP contribution is -2.03. The summed E-state index contributed by atoms with van der Waals surface area (Å²) >= 11 is 12.0. The van der Waals surface area contributed by atoms with E-state index in [0.29, 0.717) is 28.8 Å². The fraction of sp³-hybridized carbons (Fsp3) is 0.200. The Morgan fingerprint density at radius 2 is 1.86 bits per heavy atom. The van der Waals surface area contributed by atoms with Gasteiger partial charge in [-0.15, -0.1) is 0 Å². The zero-order chi connectivity index (χ0) is 15.4. The summed E-state index contributed by atoms with van der Waals surface area (Å²) in [4.78, 5) is 0. The molecular formula is C15H14Cl2FNO2. The summed E-state index contributed by atoms with van der Waals surface area (Å²) in [6, 6.07) is 8.31. The second kappa shape index (κ2) is 6.87. The molecule has 0 aromatic heterocycles. The first-order chi connectivity index (χ1) is 10.1. The molecule has 2 rings (SSSR count). The minimum Gasteiger partial charge on any atom is -0.493 e. The van der Waals surface area contributed by atoms with E-state index in [4.69, 9.17) is 32.7 Å². The average Bonchev–Trinajstić information content (AvgIpc) is 2.49. The summed E-state index contributed by atoms with van der Waals surface area (Å²) in [5.74, 6) is 0.501. The van der Waals surface area contributed by atoms with Gasteiger partial charge in [0, 0.05) is 6.54 Å². The van der Waals surface area contributed by atoms with Gasteiger partial charge in [0.2, 0.25) is 0 Å². The Morgan fingerprint density at radius 1 is 1.10 bits per heavy atom. The Kier molecular flexibility index (Phi) is 5.15. The van der Waals surface area contributed by atoms with E-state index in [1.807, 2.05) is 0 Å². The second-order valence-electron chi connectivity index (χ2n) is 4.23. The number of nitrogens with one attached hydrogen (secondary N) is 1. The van der Waals surface area contributed by atoms with Crippen molar-refractivity contribution in [2.75, 3.05) is 19.5 Å². The van der Waals surface area contributed by atoms with Crippen LogP contribution in [0.15, 0.2) is 30.3 Å². The SMILES string of the molecule is COc1ccc(CNc2cccc(Cl)c2F)c(Cl)c1OC. The minimum absolute atomic E-state index is 0.0680. The van der Waals surface area contributed by atoms with E-state index < -0.39 is 5.82 Å². The quantitative estimate of drug-likeness (QED) is 0.857. The maximum absolute atomic E-state index is 13.8. The van der Waals surface area contributed by atoms with Gasteiger partial charge in [0.25, 0.3) is 0 Å². The number of hydrogen-bond donors (Lipinski definition) is 1. The Balaban J connectivity index is 2.22. The second-order valence-corrected chi connectivity index (χ2v) is 5.01. The van der Waals surface area contributed by atoms with Gasteiger partial charge in [0.05, 0.1) is 30.0 Å². The van der Waals surface area contributed by atoms with Gasteiger partial charge in [-0.3, -0.25) is 0 Å². The fourth-order valence-electron chi connectivity index (χ4n) is 1.90. The van der Waals surface area contributed by atoms with Gasteiger partial charge in [-0.2, -0.15) is 0 Å². The lowest BCUT2D eigenvalue weighted by molar-refractivity contribution is 0.355. The van der Waals surface area contributed by atoms with E-state index in [9.17, 15) is 4.39 Å². The van der Waals surface area contributed by atoms with Crippen molar-refractivity contribution in [2.24, 2.45) is 0 Å². The Labute approximate surface area is 132 Å². The third-order valence-corrected chi connectivity index (χ3v) is 3.69. The molecule has 0 heterocycles. The molecular weight excluding hydrogens is 316 g/mol. The van der Waals surface area contributed by atoms with Crippen LogP contribution in [0, 0.1) is 5.82 Å². The maximum Gasteiger partial charge on any atom is 0.179 e. The van der Waals surface area contributed by atoms with Gasteiger partial charge in [0.1, 0.15) is 0 Å². The number of rotatable bonds is 5. The highest BCUT2D eigenvalue weighted by Crippen LogP contribution is 2.37. The predicted octanol–water partition coefficient (Wildman–Crippen LogP) is 4.76. The van der Waals surface area contributed by atoms with Crippen LogP contribution in [0.2, 0.25) is 10.0 Å². The molecule has 0 aliphatic rings. The molecule has 0 amide bonds. The molecule has 112 valence electrons. The van der Waals surface area contributed by atoms with E-state index >= 15 is 0 Å². The number of methoxy groups -OCH3 is 2. The third kappa shape index (κ3) is 3.34. The summed E-state index contributed by atoms with van der Waals surface area (Å²) in [7, 11) is 3.05. The van der Waals surface area contributed by atoms with Crippen LogP contribution in [-0.2, 0) is 6.54 Å². The van der Waals surface area contributed by atoms with Crippen LogP contribution in [0.25, 0.3) is 0 Å². The van der Waals surface area contributed by atoms with Crippen molar-refractivity contribution < 1.29 is 13.9 Å². The first-order valence-electron chi connectivity index (χ1n) is 6.15. The average molecular weight is 330 g/mol. The number of anilines is 1. The molecule has 1 N–H and O–H groups in total. The van der Waals surface area contributed by atoms with Gasteiger partial charge in [0.15, 0.2) is 17.3 Å². The molecule has 0 saturated heterocycles. The van der Waals surface area contributed by atoms with Crippen molar-refractivity contribution in [3.63, 3.8) is 0 Å². The molecule has 3 nitrogen and oxygen atoms in total. The summed E-state index contributed by atoms with van der Waals surface area (Å²) in [6.45, 7) is 0.330. The topological polar surface area (TPSA) is 30.5 Å². The standard InChI is InChI=1S/C15H14Cl2FNO2/c1-20-12-7-6-9(13(17)15(12)21-2)8-19-11-5-3-4-10(16)14(11)18/h3-7,19H,8H2,1-2H3. The molecule has 0 aliphatic carbocycles. The zero-order valence-electron chi connectivity index (χ0n) is 11.5. The van der Waals surface area contributed by atoms with Crippen LogP contribution < -0.4 is 14.8 Å². The molecule has 21 heavy (non-hydrogen) atoms. The van der Waals surface area contributed by atoms with Crippen molar-refractivity contribution >= 4 is 28.9 Å². The van der Waals surface area contributed by atoms with Gasteiger partial charge >= 0.3 is 0 Å². The molecule has 0 unspecified atom stereocenters.